The van der Waals surface area contributed by atoms with Gasteiger partial charge in [0.05, 0.1) is 5.41 Å². The first-order chi connectivity index (χ1) is 15.6. The lowest BCUT2D eigenvalue weighted by atomic mass is 9.65. The van der Waals surface area contributed by atoms with E-state index in [2.05, 4.69) is 13.8 Å². The molecule has 1 atom stereocenters. The fourth-order valence-corrected chi connectivity index (χ4v) is 4.88. The molecule has 0 saturated heterocycles. The highest BCUT2D eigenvalue weighted by Gasteiger charge is 2.48. The van der Waals surface area contributed by atoms with Gasteiger partial charge in [-0.25, -0.2) is 0 Å². The number of carbonyl (C=O) groups is 2. The first-order valence-electron chi connectivity index (χ1n) is 13.1. The Kier molecular flexibility index (Phi) is 17.4. The fraction of sp³-hybridized carbons (Fsp3) is 0.923. The van der Waals surface area contributed by atoms with Crippen molar-refractivity contribution in [3.63, 3.8) is 0 Å². The van der Waals surface area contributed by atoms with Crippen LogP contribution in [0.3, 0.4) is 0 Å². The van der Waals surface area contributed by atoms with E-state index in [9.17, 15) is 27.9 Å². The molecule has 0 radical (unpaired) electrons. The number of rotatable bonds is 22. The molecule has 2 N–H and O–H groups in total. The Morgan fingerprint density at radius 1 is 0.697 bits per heavy atom. The second-order valence-electron chi connectivity index (χ2n) is 9.65. The van der Waals surface area contributed by atoms with E-state index >= 15 is 0 Å². The van der Waals surface area contributed by atoms with Crippen LogP contribution in [0.1, 0.15) is 136 Å². The number of carboxylic acid groups (broad SMARTS) is 2. The van der Waals surface area contributed by atoms with Crippen LogP contribution in [0.15, 0.2) is 0 Å². The molecule has 0 fully saturated rings. The van der Waals surface area contributed by atoms with Crippen molar-refractivity contribution in [1.82, 2.24) is 0 Å². The minimum atomic E-state index is -4.44. The lowest BCUT2D eigenvalue weighted by Crippen LogP contribution is -2.41. The Labute approximate surface area is 198 Å². The predicted octanol–water partition coefficient (Wildman–Crippen LogP) is 8.77. The number of aliphatic carboxylic acids is 2. The standard InChI is InChI=1S/C26H47F3O4/c1-3-5-7-9-11-15-19-25(24(32)33,20-16-12-10-8-6-4-2)22(21-26(27,28)29)17-13-14-18-23(30)31/h22H,3-21H2,1-2H3,(H,30,31)(H,32,33). The summed E-state index contributed by atoms with van der Waals surface area (Å²) < 4.78 is 40.5. The molecule has 7 heteroatoms. The predicted molar refractivity (Wildman–Crippen MR) is 126 cm³/mol. The number of hydrogen-bond donors (Lipinski definition) is 2. The molecule has 196 valence electrons. The first-order valence-corrected chi connectivity index (χ1v) is 13.1. The maximum atomic E-state index is 13.5. The molecule has 0 rings (SSSR count). The number of unbranched alkanes of at least 4 members (excludes halogenated alkanes) is 11. The zero-order valence-electron chi connectivity index (χ0n) is 20.9. The van der Waals surface area contributed by atoms with Gasteiger partial charge in [-0.1, -0.05) is 97.3 Å². The summed E-state index contributed by atoms with van der Waals surface area (Å²) in [6, 6.07) is 0. The highest BCUT2D eigenvalue weighted by molar-refractivity contribution is 5.75. The average Bonchev–Trinajstić information content (AvgIpc) is 2.72. The van der Waals surface area contributed by atoms with Gasteiger partial charge in [-0.3, -0.25) is 9.59 Å². The lowest BCUT2D eigenvalue weighted by Gasteiger charge is -2.38. The van der Waals surface area contributed by atoms with Gasteiger partial charge in [0.25, 0.3) is 0 Å². The maximum absolute atomic E-state index is 13.5. The van der Waals surface area contributed by atoms with Crippen molar-refractivity contribution >= 4 is 11.9 Å². The van der Waals surface area contributed by atoms with Crippen molar-refractivity contribution in [2.24, 2.45) is 11.3 Å². The third-order valence-corrected chi connectivity index (χ3v) is 6.83. The van der Waals surface area contributed by atoms with E-state index in [1.807, 2.05) is 0 Å². The molecule has 1 unspecified atom stereocenters. The number of hydrogen-bond acceptors (Lipinski definition) is 2. The zero-order valence-corrected chi connectivity index (χ0v) is 20.9. The second kappa shape index (κ2) is 18.1. The van der Waals surface area contributed by atoms with Gasteiger partial charge in [-0.15, -0.1) is 0 Å². The van der Waals surface area contributed by atoms with Crippen molar-refractivity contribution in [3.8, 4) is 0 Å². The molecule has 4 nitrogen and oxygen atoms in total. The van der Waals surface area contributed by atoms with Crippen molar-refractivity contribution in [2.75, 3.05) is 0 Å². The summed E-state index contributed by atoms with van der Waals surface area (Å²) >= 11 is 0. The minimum absolute atomic E-state index is 0.102. The van der Waals surface area contributed by atoms with Crippen LogP contribution in [0, 0.1) is 11.3 Å². The molecular formula is C26H47F3O4. The topological polar surface area (TPSA) is 74.6 Å². The van der Waals surface area contributed by atoms with Gasteiger partial charge >= 0.3 is 18.1 Å². The van der Waals surface area contributed by atoms with E-state index in [1.54, 1.807) is 0 Å². The van der Waals surface area contributed by atoms with Gasteiger partial charge in [0.2, 0.25) is 0 Å². The fourth-order valence-electron chi connectivity index (χ4n) is 4.88. The highest BCUT2D eigenvalue weighted by atomic mass is 19.4. The largest absolute Gasteiger partial charge is 0.481 e. The summed E-state index contributed by atoms with van der Waals surface area (Å²) in [4.78, 5) is 23.4. The molecule has 0 aromatic rings. The molecule has 0 aliphatic rings. The summed E-state index contributed by atoms with van der Waals surface area (Å²) in [6.45, 7) is 4.23. The Bertz CT molecular complexity index is 504. The van der Waals surface area contributed by atoms with Crippen LogP contribution in [0.25, 0.3) is 0 Å². The van der Waals surface area contributed by atoms with E-state index in [0.717, 1.165) is 64.2 Å². The third-order valence-electron chi connectivity index (χ3n) is 6.83. The SMILES string of the molecule is CCCCCCCCC(CCCCCCCC)(C(=O)O)C(CCCCC(=O)O)CC(F)(F)F. The summed E-state index contributed by atoms with van der Waals surface area (Å²) in [7, 11) is 0. The van der Waals surface area contributed by atoms with Crippen LogP contribution in [0.4, 0.5) is 13.2 Å². The van der Waals surface area contributed by atoms with Crippen molar-refractivity contribution in [3.05, 3.63) is 0 Å². The van der Waals surface area contributed by atoms with Crippen molar-refractivity contribution < 1.29 is 33.0 Å². The Balaban J connectivity index is 5.44. The summed E-state index contributed by atoms with van der Waals surface area (Å²) in [6.07, 6.45) is 6.96. The number of alkyl halides is 3. The van der Waals surface area contributed by atoms with Gasteiger partial charge in [-0.05, 0) is 31.6 Å². The van der Waals surface area contributed by atoms with E-state index in [1.165, 1.54) is 0 Å². The monoisotopic (exact) mass is 480 g/mol. The molecular weight excluding hydrogens is 433 g/mol. The smallest absolute Gasteiger partial charge is 0.389 e. The molecule has 0 aromatic heterocycles. The molecule has 0 aromatic carbocycles. The van der Waals surface area contributed by atoms with Crippen LogP contribution in [0.5, 0.6) is 0 Å². The van der Waals surface area contributed by atoms with Gasteiger partial charge < -0.3 is 10.2 Å². The van der Waals surface area contributed by atoms with Gasteiger partial charge in [0.1, 0.15) is 0 Å². The molecule has 0 bridgehead atoms. The first kappa shape index (κ1) is 31.7. The maximum Gasteiger partial charge on any atom is 0.389 e. The Hall–Kier alpha value is -1.27. The quantitative estimate of drug-likeness (QED) is 0.152. The van der Waals surface area contributed by atoms with Crippen LogP contribution in [-0.2, 0) is 9.59 Å². The molecule has 0 amide bonds. The summed E-state index contributed by atoms with van der Waals surface area (Å²) in [5.74, 6) is -3.11. The number of carboxylic acids is 2. The lowest BCUT2D eigenvalue weighted by molar-refractivity contribution is -0.172. The van der Waals surface area contributed by atoms with Crippen molar-refractivity contribution in [1.29, 1.82) is 0 Å². The van der Waals surface area contributed by atoms with Gasteiger partial charge in [0.15, 0.2) is 0 Å². The van der Waals surface area contributed by atoms with Gasteiger partial charge in [-0.2, -0.15) is 13.2 Å². The molecule has 0 aliphatic heterocycles. The molecule has 33 heavy (non-hydrogen) atoms. The number of halogens is 3. The molecule has 0 saturated carbocycles. The summed E-state index contributed by atoms with van der Waals surface area (Å²) in [5, 5.41) is 19.1. The Morgan fingerprint density at radius 3 is 1.55 bits per heavy atom. The molecule has 0 spiro atoms. The average molecular weight is 481 g/mol. The van der Waals surface area contributed by atoms with Crippen LogP contribution in [0.2, 0.25) is 0 Å². The van der Waals surface area contributed by atoms with Crippen molar-refractivity contribution in [2.45, 2.75) is 142 Å². The van der Waals surface area contributed by atoms with Crippen LogP contribution < -0.4 is 0 Å². The normalized spacial score (nSPS) is 13.2. The van der Waals surface area contributed by atoms with Crippen LogP contribution in [-0.4, -0.2) is 28.3 Å². The third kappa shape index (κ3) is 15.3. The molecule has 0 aliphatic carbocycles. The second-order valence-corrected chi connectivity index (χ2v) is 9.65. The highest BCUT2D eigenvalue weighted by Crippen LogP contribution is 2.47. The van der Waals surface area contributed by atoms with E-state index in [-0.39, 0.29) is 32.1 Å². The van der Waals surface area contributed by atoms with E-state index < -0.39 is 35.9 Å². The zero-order chi connectivity index (χ0) is 25.2. The van der Waals surface area contributed by atoms with Crippen LogP contribution >= 0.6 is 0 Å². The van der Waals surface area contributed by atoms with E-state index in [0.29, 0.717) is 19.3 Å². The Morgan fingerprint density at radius 2 is 1.15 bits per heavy atom. The minimum Gasteiger partial charge on any atom is -0.481 e. The summed E-state index contributed by atoms with van der Waals surface area (Å²) in [5.41, 5.74) is -1.39. The molecule has 0 heterocycles. The van der Waals surface area contributed by atoms with Gasteiger partial charge in [0, 0.05) is 12.8 Å². The van der Waals surface area contributed by atoms with E-state index in [4.69, 9.17) is 5.11 Å².